The van der Waals surface area contributed by atoms with Crippen LogP contribution in [0, 0.1) is 5.82 Å². The van der Waals surface area contributed by atoms with Gasteiger partial charge in [0.2, 0.25) is 0 Å². The van der Waals surface area contributed by atoms with Crippen LogP contribution in [0.2, 0.25) is 0 Å². The molecule has 1 aromatic carbocycles. The molecule has 1 aliphatic heterocycles. The van der Waals surface area contributed by atoms with Gasteiger partial charge >= 0.3 is 11.9 Å². The standard InChI is InChI=1S/C16H17FN2.C4H4O4/c17-15-6-4-12(5-7-15)13-9-14(11-18-10-13)16-3-1-2-8-19-16;5-3(6)1-2-4(7)8/h4-7,9-11,16,19H,1-3,8H2;1-2H,(H,5,6)(H,7,8). The van der Waals surface area contributed by atoms with Crippen molar-refractivity contribution in [3.8, 4) is 11.1 Å². The molecule has 2 heterocycles. The second-order valence-electron chi connectivity index (χ2n) is 6.03. The summed E-state index contributed by atoms with van der Waals surface area (Å²) in [6.07, 6.45) is 8.55. The number of nitrogens with zero attached hydrogens (tertiary/aromatic N) is 1. The molecule has 0 amide bonds. The Morgan fingerprint density at radius 3 is 2.26 bits per heavy atom. The van der Waals surface area contributed by atoms with Crippen molar-refractivity contribution in [2.45, 2.75) is 25.3 Å². The Hall–Kier alpha value is -3.06. The lowest BCUT2D eigenvalue weighted by Gasteiger charge is -2.23. The zero-order valence-electron chi connectivity index (χ0n) is 14.6. The smallest absolute Gasteiger partial charge is 0.328 e. The summed E-state index contributed by atoms with van der Waals surface area (Å²) in [5.41, 5.74) is 3.28. The molecule has 7 heteroatoms. The summed E-state index contributed by atoms with van der Waals surface area (Å²) in [7, 11) is 0. The molecule has 3 N–H and O–H groups in total. The van der Waals surface area contributed by atoms with E-state index in [0.717, 1.165) is 24.1 Å². The van der Waals surface area contributed by atoms with Crippen LogP contribution in [0.15, 0.2) is 54.9 Å². The number of nitrogens with one attached hydrogen (secondary N) is 1. The van der Waals surface area contributed by atoms with Crippen LogP contribution in [0.4, 0.5) is 4.39 Å². The molecule has 0 bridgehead atoms. The van der Waals surface area contributed by atoms with Gasteiger partial charge in [-0.15, -0.1) is 0 Å². The molecular formula is C20H21FN2O4. The maximum atomic E-state index is 12.9. The molecule has 142 valence electrons. The highest BCUT2D eigenvalue weighted by Gasteiger charge is 2.15. The number of benzene rings is 1. The summed E-state index contributed by atoms with van der Waals surface area (Å²) in [6, 6.07) is 9.13. The van der Waals surface area contributed by atoms with Gasteiger partial charge in [-0.2, -0.15) is 0 Å². The van der Waals surface area contributed by atoms with E-state index in [1.165, 1.54) is 30.5 Å². The van der Waals surface area contributed by atoms with Gasteiger partial charge in [0.25, 0.3) is 0 Å². The fourth-order valence-electron chi connectivity index (χ4n) is 2.73. The minimum atomic E-state index is -1.26. The number of hydrogen-bond acceptors (Lipinski definition) is 4. The number of piperidine rings is 1. The first kappa shape index (κ1) is 20.3. The van der Waals surface area contributed by atoms with Crippen LogP contribution in [-0.4, -0.2) is 33.7 Å². The molecular weight excluding hydrogens is 351 g/mol. The molecule has 27 heavy (non-hydrogen) atoms. The number of aliphatic carboxylic acids is 2. The zero-order valence-corrected chi connectivity index (χ0v) is 14.6. The van der Waals surface area contributed by atoms with Crippen LogP contribution >= 0.6 is 0 Å². The Labute approximate surface area is 156 Å². The Kier molecular flexibility index (Phi) is 7.63. The third kappa shape index (κ3) is 6.99. The molecule has 1 aliphatic rings. The van der Waals surface area contributed by atoms with E-state index in [1.54, 1.807) is 12.1 Å². The second-order valence-corrected chi connectivity index (χ2v) is 6.03. The highest BCUT2D eigenvalue weighted by Crippen LogP contribution is 2.26. The Morgan fingerprint density at radius 2 is 1.70 bits per heavy atom. The third-order valence-electron chi connectivity index (χ3n) is 4.02. The third-order valence-corrected chi connectivity index (χ3v) is 4.02. The molecule has 1 saturated heterocycles. The van der Waals surface area contributed by atoms with Gasteiger partial charge in [-0.05, 0) is 48.7 Å². The quantitative estimate of drug-likeness (QED) is 0.711. The summed E-state index contributed by atoms with van der Waals surface area (Å²) < 4.78 is 12.9. The van der Waals surface area contributed by atoms with Crippen molar-refractivity contribution in [3.05, 3.63) is 66.3 Å². The lowest BCUT2D eigenvalue weighted by atomic mass is 9.96. The number of pyridine rings is 1. The fraction of sp³-hybridized carbons (Fsp3) is 0.250. The molecule has 0 aliphatic carbocycles. The normalized spacial score (nSPS) is 16.4. The molecule has 3 rings (SSSR count). The van der Waals surface area contributed by atoms with Gasteiger partial charge in [-0.1, -0.05) is 18.6 Å². The highest BCUT2D eigenvalue weighted by molar-refractivity contribution is 5.89. The van der Waals surface area contributed by atoms with Crippen LogP contribution in [0.1, 0.15) is 30.9 Å². The van der Waals surface area contributed by atoms with Gasteiger partial charge in [0.1, 0.15) is 5.82 Å². The summed E-state index contributed by atoms with van der Waals surface area (Å²) >= 11 is 0. The van der Waals surface area contributed by atoms with Crippen molar-refractivity contribution in [1.82, 2.24) is 10.3 Å². The van der Waals surface area contributed by atoms with Crippen LogP contribution in [0.25, 0.3) is 11.1 Å². The van der Waals surface area contributed by atoms with Crippen molar-refractivity contribution in [2.24, 2.45) is 0 Å². The van der Waals surface area contributed by atoms with E-state index in [-0.39, 0.29) is 5.82 Å². The van der Waals surface area contributed by atoms with E-state index in [2.05, 4.69) is 16.4 Å². The zero-order chi connectivity index (χ0) is 19.6. The summed E-state index contributed by atoms with van der Waals surface area (Å²) in [5, 5.41) is 19.1. The van der Waals surface area contributed by atoms with Gasteiger partial charge in [-0.3, -0.25) is 4.98 Å². The Balaban J connectivity index is 0.000000279. The average molecular weight is 372 g/mol. The first-order chi connectivity index (χ1) is 13.0. The van der Waals surface area contributed by atoms with Crippen molar-refractivity contribution in [3.63, 3.8) is 0 Å². The van der Waals surface area contributed by atoms with E-state index in [9.17, 15) is 14.0 Å². The first-order valence-corrected chi connectivity index (χ1v) is 8.54. The topological polar surface area (TPSA) is 99.5 Å². The molecule has 0 radical (unpaired) electrons. The van der Waals surface area contributed by atoms with Crippen LogP contribution in [0.5, 0.6) is 0 Å². The number of carbonyl (C=O) groups is 2. The molecule has 0 saturated carbocycles. The minimum Gasteiger partial charge on any atom is -0.478 e. The van der Waals surface area contributed by atoms with Gasteiger partial charge in [0, 0.05) is 36.2 Å². The molecule has 6 nitrogen and oxygen atoms in total. The number of rotatable bonds is 4. The van der Waals surface area contributed by atoms with Crippen LogP contribution in [-0.2, 0) is 9.59 Å². The maximum Gasteiger partial charge on any atom is 0.328 e. The van der Waals surface area contributed by atoms with E-state index in [0.29, 0.717) is 18.2 Å². The SMILES string of the molecule is Fc1ccc(-c2cncc(C3CCCCN3)c2)cc1.O=C(O)C=CC(=O)O. The van der Waals surface area contributed by atoms with Crippen LogP contribution in [0.3, 0.4) is 0 Å². The van der Waals surface area contributed by atoms with Gasteiger partial charge in [-0.25, -0.2) is 14.0 Å². The predicted octanol–water partition coefficient (Wildman–Crippen LogP) is 3.41. The van der Waals surface area contributed by atoms with Crippen molar-refractivity contribution >= 4 is 11.9 Å². The summed E-state index contributed by atoms with van der Waals surface area (Å²) in [4.78, 5) is 23.4. The summed E-state index contributed by atoms with van der Waals surface area (Å²) in [6.45, 7) is 1.07. The van der Waals surface area contributed by atoms with E-state index >= 15 is 0 Å². The summed E-state index contributed by atoms with van der Waals surface area (Å²) in [5.74, 6) is -2.72. The number of halogens is 1. The number of hydrogen-bond donors (Lipinski definition) is 3. The van der Waals surface area contributed by atoms with Gasteiger partial charge in [0.05, 0.1) is 0 Å². The molecule has 1 aromatic heterocycles. The lowest BCUT2D eigenvalue weighted by molar-refractivity contribution is -0.134. The Morgan fingerprint density at radius 1 is 1.04 bits per heavy atom. The molecule has 1 atom stereocenters. The number of carboxylic acid groups (broad SMARTS) is 2. The average Bonchev–Trinajstić information content (AvgIpc) is 2.68. The highest BCUT2D eigenvalue weighted by atomic mass is 19.1. The second kappa shape index (κ2) is 10.2. The van der Waals surface area contributed by atoms with Crippen LogP contribution < -0.4 is 5.32 Å². The number of aromatic nitrogens is 1. The van der Waals surface area contributed by atoms with Crippen molar-refractivity contribution in [1.29, 1.82) is 0 Å². The molecule has 1 fully saturated rings. The largest absolute Gasteiger partial charge is 0.478 e. The molecule has 0 spiro atoms. The van der Waals surface area contributed by atoms with Crippen molar-refractivity contribution < 1.29 is 24.2 Å². The number of carboxylic acids is 2. The van der Waals surface area contributed by atoms with Crippen molar-refractivity contribution in [2.75, 3.05) is 6.54 Å². The molecule has 2 aromatic rings. The monoisotopic (exact) mass is 372 g/mol. The Bertz CT molecular complexity index is 784. The van der Waals surface area contributed by atoms with E-state index in [4.69, 9.17) is 10.2 Å². The fourth-order valence-corrected chi connectivity index (χ4v) is 2.73. The molecule has 1 unspecified atom stereocenters. The predicted molar refractivity (Wildman–Crippen MR) is 98.6 cm³/mol. The first-order valence-electron chi connectivity index (χ1n) is 8.54. The minimum absolute atomic E-state index is 0.207. The van der Waals surface area contributed by atoms with E-state index < -0.39 is 11.9 Å². The maximum absolute atomic E-state index is 12.9. The van der Waals surface area contributed by atoms with E-state index in [1.807, 2.05) is 12.4 Å². The van der Waals surface area contributed by atoms with Gasteiger partial charge < -0.3 is 15.5 Å². The lowest BCUT2D eigenvalue weighted by Crippen LogP contribution is -2.26. The van der Waals surface area contributed by atoms with Gasteiger partial charge in [0.15, 0.2) is 0 Å².